The van der Waals surface area contributed by atoms with Crippen molar-refractivity contribution in [1.29, 1.82) is 0 Å². The Morgan fingerprint density at radius 3 is 2.33 bits per heavy atom. The topological polar surface area (TPSA) is 84.2 Å². The summed E-state index contributed by atoms with van der Waals surface area (Å²) in [6.07, 6.45) is 0.750. The summed E-state index contributed by atoms with van der Waals surface area (Å²) in [6.45, 7) is 2.07. The largest absolute Gasteiger partial charge is 0.478 e. The molecule has 9 heteroatoms. The Balaban J connectivity index is 1.52. The summed E-state index contributed by atoms with van der Waals surface area (Å²) < 4.78 is 40.9. The summed E-state index contributed by atoms with van der Waals surface area (Å²) in [4.78, 5) is 29.1. The lowest BCUT2D eigenvalue weighted by molar-refractivity contribution is -0.137. The molecule has 6 nitrogen and oxygen atoms in total. The molecule has 202 valence electrons. The zero-order chi connectivity index (χ0) is 28.4. The first kappa shape index (κ1) is 26.7. The minimum Gasteiger partial charge on any atom is -0.478 e. The van der Waals surface area contributed by atoms with Crippen molar-refractivity contribution in [2.45, 2.75) is 25.7 Å². The fourth-order valence-corrected chi connectivity index (χ4v) is 4.62. The lowest BCUT2D eigenvalue weighted by Gasteiger charge is -2.17. The number of amides is 1. The molecule has 2 N–H and O–H groups in total. The number of nitrogens with zero attached hydrogens (tertiary/aromatic N) is 2. The number of fused-ring (bicyclic) bond motifs is 1. The molecule has 2 heterocycles. The van der Waals surface area contributed by atoms with Crippen molar-refractivity contribution in [3.8, 4) is 11.1 Å². The van der Waals surface area contributed by atoms with Crippen LogP contribution in [0.1, 0.15) is 50.4 Å². The number of carbonyl (C=O) groups is 2. The van der Waals surface area contributed by atoms with Crippen molar-refractivity contribution < 1.29 is 27.9 Å². The van der Waals surface area contributed by atoms with Crippen LogP contribution < -0.4 is 5.32 Å². The lowest BCUT2D eigenvalue weighted by atomic mass is 10.00. The molecule has 0 bridgehead atoms. The molecule has 0 radical (unpaired) electrons. The molecule has 0 fully saturated rings. The first-order chi connectivity index (χ1) is 19.1. The van der Waals surface area contributed by atoms with E-state index in [2.05, 4.69) is 10.3 Å². The number of carboxylic acid groups (broad SMARTS) is 1. The number of hydrogen-bond acceptors (Lipinski definition) is 3. The molecule has 2 aromatic heterocycles. The van der Waals surface area contributed by atoms with E-state index >= 15 is 0 Å². The van der Waals surface area contributed by atoms with E-state index in [4.69, 9.17) is 5.11 Å². The Morgan fingerprint density at radius 1 is 0.975 bits per heavy atom. The van der Waals surface area contributed by atoms with Gasteiger partial charge in [0.15, 0.2) is 0 Å². The maximum atomic E-state index is 13.7. The van der Waals surface area contributed by atoms with E-state index < -0.39 is 23.8 Å². The molecule has 5 rings (SSSR count). The third-order valence-electron chi connectivity index (χ3n) is 6.74. The molecule has 5 aromatic rings. The van der Waals surface area contributed by atoms with Crippen LogP contribution in [0.5, 0.6) is 0 Å². The molecule has 40 heavy (non-hydrogen) atoms. The van der Waals surface area contributed by atoms with Crippen molar-refractivity contribution >= 4 is 22.8 Å². The van der Waals surface area contributed by atoms with E-state index in [0.717, 1.165) is 34.2 Å². The molecule has 0 aliphatic rings. The first-order valence-corrected chi connectivity index (χ1v) is 12.4. The van der Waals surface area contributed by atoms with Gasteiger partial charge in [-0.3, -0.25) is 9.78 Å². The van der Waals surface area contributed by atoms with E-state index in [-0.39, 0.29) is 18.0 Å². The van der Waals surface area contributed by atoms with Crippen molar-refractivity contribution in [2.24, 2.45) is 0 Å². The lowest BCUT2D eigenvalue weighted by Crippen LogP contribution is -2.27. The fraction of sp³-hybridized carbons (Fsp3) is 0.129. The minimum absolute atomic E-state index is 0.147. The quantitative estimate of drug-likeness (QED) is 0.232. The zero-order valence-electron chi connectivity index (χ0n) is 21.3. The van der Waals surface area contributed by atoms with Gasteiger partial charge in [-0.2, -0.15) is 13.2 Å². The molecule has 0 spiro atoms. The molecule has 0 aliphatic carbocycles. The number of rotatable bonds is 7. The van der Waals surface area contributed by atoms with Gasteiger partial charge in [0.05, 0.1) is 28.2 Å². The maximum absolute atomic E-state index is 13.7. The van der Waals surface area contributed by atoms with Crippen molar-refractivity contribution in [2.75, 3.05) is 0 Å². The molecular formula is C31H24F3N3O3. The van der Waals surface area contributed by atoms with Crippen LogP contribution in [0.15, 0.2) is 97.5 Å². The van der Waals surface area contributed by atoms with Crippen molar-refractivity contribution in [3.05, 3.63) is 125 Å². The number of alkyl halides is 3. The van der Waals surface area contributed by atoms with Gasteiger partial charge in [-0.1, -0.05) is 30.3 Å². The van der Waals surface area contributed by atoms with Crippen LogP contribution in [0.4, 0.5) is 13.2 Å². The SMILES string of the molecule is C[C@H](NC(=O)c1cc(-c2cccnc2)cc2ccn(Cc3ccc(C(F)(F)F)cc3)c12)c1ccc(C(=O)O)cc1. The van der Waals surface area contributed by atoms with Gasteiger partial charge in [0, 0.05) is 36.1 Å². The van der Waals surface area contributed by atoms with Gasteiger partial charge in [-0.25, -0.2) is 4.79 Å². The first-order valence-electron chi connectivity index (χ1n) is 12.4. The number of hydrogen-bond donors (Lipinski definition) is 2. The van der Waals surface area contributed by atoms with Gasteiger partial charge in [0.2, 0.25) is 0 Å². The van der Waals surface area contributed by atoms with E-state index in [1.54, 1.807) is 49.8 Å². The molecule has 0 unspecified atom stereocenters. The molecular weight excluding hydrogens is 519 g/mol. The van der Waals surface area contributed by atoms with E-state index in [1.165, 1.54) is 24.3 Å². The maximum Gasteiger partial charge on any atom is 0.416 e. The number of halogens is 3. The highest BCUT2D eigenvalue weighted by molar-refractivity contribution is 6.08. The van der Waals surface area contributed by atoms with Crippen LogP contribution in [0.3, 0.4) is 0 Å². The fourth-order valence-electron chi connectivity index (χ4n) is 4.62. The minimum atomic E-state index is -4.42. The highest BCUT2D eigenvalue weighted by Crippen LogP contribution is 2.31. The normalized spacial score (nSPS) is 12.3. The monoisotopic (exact) mass is 543 g/mol. The Morgan fingerprint density at radius 2 is 1.70 bits per heavy atom. The van der Waals surface area contributed by atoms with Crippen molar-refractivity contribution in [3.63, 3.8) is 0 Å². The van der Waals surface area contributed by atoms with Gasteiger partial charge in [-0.05, 0) is 72.1 Å². The van der Waals surface area contributed by atoms with E-state index in [0.29, 0.717) is 16.6 Å². The Labute approximate surface area is 227 Å². The van der Waals surface area contributed by atoms with Gasteiger partial charge < -0.3 is 15.0 Å². The van der Waals surface area contributed by atoms with Crippen LogP contribution in [0, 0.1) is 0 Å². The van der Waals surface area contributed by atoms with Crippen LogP contribution in [-0.2, 0) is 12.7 Å². The van der Waals surface area contributed by atoms with Crippen LogP contribution >= 0.6 is 0 Å². The number of carbonyl (C=O) groups excluding carboxylic acids is 1. The Hall–Kier alpha value is -4.92. The number of aromatic nitrogens is 2. The van der Waals surface area contributed by atoms with Crippen LogP contribution in [-0.4, -0.2) is 26.5 Å². The molecule has 0 saturated carbocycles. The number of carboxylic acids is 1. The summed E-state index contributed by atoms with van der Waals surface area (Å²) in [5.41, 5.74) is 3.45. The Bertz CT molecular complexity index is 1680. The zero-order valence-corrected chi connectivity index (χ0v) is 21.3. The molecule has 0 aliphatic heterocycles. The molecule has 1 atom stereocenters. The third-order valence-corrected chi connectivity index (χ3v) is 6.74. The van der Waals surface area contributed by atoms with Gasteiger partial charge in [0.25, 0.3) is 5.91 Å². The van der Waals surface area contributed by atoms with E-state index in [9.17, 15) is 22.8 Å². The molecule has 0 saturated heterocycles. The summed E-state index contributed by atoms with van der Waals surface area (Å²) in [5.74, 6) is -1.38. The van der Waals surface area contributed by atoms with Crippen molar-refractivity contribution in [1.82, 2.24) is 14.9 Å². The predicted molar refractivity (Wildman–Crippen MR) is 145 cm³/mol. The standard InChI is InChI=1S/C31H24F3N3O3/c1-19(21-6-8-22(9-7-21)30(39)40)36-29(38)27-16-25(24-3-2-13-35-17-24)15-23-12-14-37(28(23)27)18-20-4-10-26(11-5-20)31(32,33)34/h2-17,19H,18H2,1H3,(H,36,38)(H,39,40)/t19-/m0/s1. The highest BCUT2D eigenvalue weighted by atomic mass is 19.4. The third kappa shape index (κ3) is 5.58. The second-order valence-corrected chi connectivity index (χ2v) is 9.46. The van der Waals surface area contributed by atoms with Gasteiger partial charge >= 0.3 is 12.1 Å². The summed E-state index contributed by atoms with van der Waals surface area (Å²) in [7, 11) is 0. The van der Waals surface area contributed by atoms with Crippen LogP contribution in [0.2, 0.25) is 0 Å². The number of pyridine rings is 1. The highest BCUT2D eigenvalue weighted by Gasteiger charge is 2.30. The van der Waals surface area contributed by atoms with Crippen LogP contribution in [0.25, 0.3) is 22.0 Å². The number of nitrogens with one attached hydrogen (secondary N) is 1. The molecule has 3 aromatic carbocycles. The van der Waals surface area contributed by atoms with E-state index in [1.807, 2.05) is 22.8 Å². The summed E-state index contributed by atoms with van der Waals surface area (Å²) >= 11 is 0. The average Bonchev–Trinajstić information content (AvgIpc) is 3.35. The summed E-state index contributed by atoms with van der Waals surface area (Å²) in [5, 5.41) is 12.9. The Kier molecular flexibility index (Phi) is 7.13. The average molecular weight is 544 g/mol. The second-order valence-electron chi connectivity index (χ2n) is 9.46. The van der Waals surface area contributed by atoms with Gasteiger partial charge in [0.1, 0.15) is 0 Å². The van der Waals surface area contributed by atoms with Gasteiger partial charge in [-0.15, -0.1) is 0 Å². The predicted octanol–water partition coefficient (Wildman–Crippen LogP) is 6.96. The summed E-state index contributed by atoms with van der Waals surface area (Å²) in [6, 6.07) is 20.1. The molecule has 1 amide bonds. The second kappa shape index (κ2) is 10.7. The smallest absolute Gasteiger partial charge is 0.416 e. The number of aromatic carboxylic acids is 1. The number of benzene rings is 3.